The molecule has 8 heteroatoms. The Hall–Kier alpha value is -2.83. The first-order valence-electron chi connectivity index (χ1n) is 7.93. The zero-order chi connectivity index (χ0) is 19.7. The lowest BCUT2D eigenvalue weighted by Crippen LogP contribution is -2.31. The maximum absolute atomic E-state index is 12.3. The van der Waals surface area contributed by atoms with Crippen molar-refractivity contribution in [3.63, 3.8) is 0 Å². The number of aromatic nitrogens is 2. The van der Waals surface area contributed by atoms with Gasteiger partial charge < -0.3 is 5.11 Å². The van der Waals surface area contributed by atoms with Crippen LogP contribution >= 0.6 is 23.2 Å². The van der Waals surface area contributed by atoms with Crippen molar-refractivity contribution in [3.05, 3.63) is 84.0 Å². The molecule has 0 saturated heterocycles. The molecule has 0 aliphatic carbocycles. The molecule has 27 heavy (non-hydrogen) atoms. The van der Waals surface area contributed by atoms with E-state index in [0.29, 0.717) is 21.4 Å². The Kier molecular flexibility index (Phi) is 5.21. The fourth-order valence-electron chi connectivity index (χ4n) is 2.64. The second-order valence-corrected chi connectivity index (χ2v) is 6.79. The summed E-state index contributed by atoms with van der Waals surface area (Å²) in [7, 11) is 0. The molecule has 138 valence electrons. The number of benzene rings is 2. The molecule has 0 aliphatic rings. The van der Waals surface area contributed by atoms with E-state index in [-0.39, 0.29) is 5.56 Å². The van der Waals surface area contributed by atoms with Crippen molar-refractivity contribution >= 4 is 35.1 Å². The molecule has 0 spiro atoms. The molecule has 0 aliphatic heterocycles. The average Bonchev–Trinajstić information content (AvgIpc) is 2.59. The number of rotatable bonds is 3. The zero-order valence-corrected chi connectivity index (χ0v) is 16.0. The Morgan fingerprint density at radius 3 is 2.48 bits per heavy atom. The second kappa shape index (κ2) is 7.42. The standard InChI is InChI=1S/C19H15Cl2N3O3/c1-10-3-6-16(11(2)7-10)24-18(26)13(17(25)23-19(24)27)9-22-12-4-5-14(20)15(21)8-12/h3-9,26H,1-2H3,(H,23,25,27). The highest BCUT2D eigenvalue weighted by atomic mass is 35.5. The summed E-state index contributed by atoms with van der Waals surface area (Å²) in [4.78, 5) is 30.8. The van der Waals surface area contributed by atoms with E-state index in [1.165, 1.54) is 12.3 Å². The Balaban J connectivity index is 2.14. The number of aromatic hydroxyl groups is 1. The lowest BCUT2D eigenvalue weighted by Gasteiger charge is -2.12. The summed E-state index contributed by atoms with van der Waals surface area (Å²) < 4.78 is 1.03. The van der Waals surface area contributed by atoms with Crippen molar-refractivity contribution < 1.29 is 5.11 Å². The number of halogens is 2. The van der Waals surface area contributed by atoms with Gasteiger partial charge in [-0.25, -0.2) is 9.36 Å². The first kappa shape index (κ1) is 18.9. The molecule has 1 aromatic heterocycles. The molecule has 0 radical (unpaired) electrons. The van der Waals surface area contributed by atoms with Crippen LogP contribution in [0.4, 0.5) is 5.69 Å². The summed E-state index contributed by atoms with van der Waals surface area (Å²) in [5.74, 6) is -0.500. The van der Waals surface area contributed by atoms with E-state index in [1.807, 2.05) is 26.0 Å². The number of aromatic amines is 1. The highest BCUT2D eigenvalue weighted by molar-refractivity contribution is 6.42. The van der Waals surface area contributed by atoms with Crippen LogP contribution in [0.25, 0.3) is 5.69 Å². The van der Waals surface area contributed by atoms with Gasteiger partial charge in [-0.2, -0.15) is 0 Å². The molecule has 2 N–H and O–H groups in total. The number of hydrogen-bond acceptors (Lipinski definition) is 4. The smallest absolute Gasteiger partial charge is 0.335 e. The first-order chi connectivity index (χ1) is 12.8. The molecule has 0 atom stereocenters. The van der Waals surface area contributed by atoms with E-state index < -0.39 is 17.1 Å². The van der Waals surface area contributed by atoms with Crippen molar-refractivity contribution in [1.29, 1.82) is 0 Å². The largest absolute Gasteiger partial charge is 0.493 e. The van der Waals surface area contributed by atoms with Crippen LogP contribution in [0.5, 0.6) is 5.88 Å². The minimum atomic E-state index is -0.748. The third-order valence-corrected chi connectivity index (χ3v) is 4.70. The topological polar surface area (TPSA) is 87.4 Å². The molecule has 3 rings (SSSR count). The molecule has 0 amide bonds. The Morgan fingerprint density at radius 1 is 1.07 bits per heavy atom. The third kappa shape index (κ3) is 3.82. The monoisotopic (exact) mass is 403 g/mol. The third-order valence-electron chi connectivity index (χ3n) is 3.96. The highest BCUT2D eigenvalue weighted by Gasteiger charge is 2.15. The maximum atomic E-state index is 12.3. The van der Waals surface area contributed by atoms with Gasteiger partial charge in [0.25, 0.3) is 5.56 Å². The van der Waals surface area contributed by atoms with Crippen LogP contribution in [0, 0.1) is 13.8 Å². The molecule has 2 aromatic carbocycles. The fourth-order valence-corrected chi connectivity index (χ4v) is 2.93. The summed E-state index contributed by atoms with van der Waals surface area (Å²) in [6, 6.07) is 10.1. The fraction of sp³-hybridized carbons (Fsp3) is 0.105. The zero-order valence-electron chi connectivity index (χ0n) is 14.5. The van der Waals surface area contributed by atoms with Gasteiger partial charge in [0.05, 0.1) is 21.4 Å². The van der Waals surface area contributed by atoms with Gasteiger partial charge in [0.15, 0.2) is 0 Å². The SMILES string of the molecule is Cc1ccc(-n2c(O)c(C=Nc3ccc(Cl)c(Cl)c3)c(=O)[nH]c2=O)c(C)c1. The molecule has 0 fully saturated rings. The number of aryl methyl sites for hydroxylation is 2. The molecular weight excluding hydrogens is 389 g/mol. The van der Waals surface area contributed by atoms with E-state index in [1.54, 1.807) is 18.2 Å². The van der Waals surface area contributed by atoms with Crippen LogP contribution in [0.15, 0.2) is 51.0 Å². The number of aliphatic imine (C=N–C) groups is 1. The summed E-state index contributed by atoms with van der Waals surface area (Å²) in [5.41, 5.74) is 1.04. The molecule has 3 aromatic rings. The Labute approximate surface area is 164 Å². The van der Waals surface area contributed by atoms with Gasteiger partial charge in [-0.3, -0.25) is 14.8 Å². The molecule has 0 unspecified atom stereocenters. The lowest BCUT2D eigenvalue weighted by atomic mass is 10.1. The lowest BCUT2D eigenvalue weighted by molar-refractivity contribution is 0.430. The molecule has 0 saturated carbocycles. The van der Waals surface area contributed by atoms with Crippen LogP contribution in [0.2, 0.25) is 10.0 Å². The van der Waals surface area contributed by atoms with Gasteiger partial charge in [-0.15, -0.1) is 0 Å². The number of nitrogens with one attached hydrogen (secondary N) is 1. The summed E-state index contributed by atoms with van der Waals surface area (Å²) in [6.07, 6.45) is 1.17. The van der Waals surface area contributed by atoms with Gasteiger partial charge in [0, 0.05) is 6.21 Å². The number of H-pyrrole nitrogens is 1. The average molecular weight is 404 g/mol. The van der Waals surface area contributed by atoms with Crippen molar-refractivity contribution in [2.75, 3.05) is 0 Å². The van der Waals surface area contributed by atoms with Gasteiger partial charge >= 0.3 is 5.69 Å². The minimum absolute atomic E-state index is 0.152. The first-order valence-corrected chi connectivity index (χ1v) is 8.68. The Morgan fingerprint density at radius 2 is 1.81 bits per heavy atom. The highest BCUT2D eigenvalue weighted by Crippen LogP contribution is 2.27. The summed E-state index contributed by atoms with van der Waals surface area (Å²) in [6.45, 7) is 3.73. The molecule has 1 heterocycles. The van der Waals surface area contributed by atoms with E-state index in [4.69, 9.17) is 23.2 Å². The van der Waals surface area contributed by atoms with Gasteiger partial charge in [0.2, 0.25) is 5.88 Å². The van der Waals surface area contributed by atoms with Gasteiger partial charge in [0.1, 0.15) is 5.56 Å². The maximum Gasteiger partial charge on any atom is 0.335 e. The van der Waals surface area contributed by atoms with Crippen molar-refractivity contribution in [2.45, 2.75) is 13.8 Å². The second-order valence-electron chi connectivity index (χ2n) is 5.98. The normalized spacial score (nSPS) is 11.3. The van der Waals surface area contributed by atoms with Crippen LogP contribution in [0.1, 0.15) is 16.7 Å². The van der Waals surface area contributed by atoms with Crippen molar-refractivity contribution in [1.82, 2.24) is 9.55 Å². The van der Waals surface area contributed by atoms with Gasteiger partial charge in [-0.05, 0) is 43.7 Å². The van der Waals surface area contributed by atoms with Gasteiger partial charge in [-0.1, -0.05) is 40.9 Å². The predicted octanol–water partition coefficient (Wildman–Crippen LogP) is 3.91. The summed E-state index contributed by atoms with van der Waals surface area (Å²) in [5, 5.41) is 11.3. The van der Waals surface area contributed by atoms with Crippen molar-refractivity contribution in [3.8, 4) is 11.6 Å². The van der Waals surface area contributed by atoms with Crippen LogP contribution in [-0.2, 0) is 0 Å². The quantitative estimate of drug-likeness (QED) is 0.649. The van der Waals surface area contributed by atoms with E-state index in [9.17, 15) is 14.7 Å². The number of hydrogen-bond donors (Lipinski definition) is 2. The van der Waals surface area contributed by atoms with Crippen LogP contribution in [-0.4, -0.2) is 20.9 Å². The van der Waals surface area contributed by atoms with E-state index in [0.717, 1.165) is 15.7 Å². The Bertz CT molecular complexity index is 1180. The van der Waals surface area contributed by atoms with Crippen LogP contribution in [0.3, 0.4) is 0 Å². The molecule has 0 bridgehead atoms. The van der Waals surface area contributed by atoms with Crippen molar-refractivity contribution in [2.24, 2.45) is 4.99 Å². The summed E-state index contributed by atoms with van der Waals surface area (Å²) >= 11 is 11.8. The predicted molar refractivity (Wildman–Crippen MR) is 108 cm³/mol. The minimum Gasteiger partial charge on any atom is -0.493 e. The molecular formula is C19H15Cl2N3O3. The van der Waals surface area contributed by atoms with Crippen LogP contribution < -0.4 is 11.2 Å². The molecule has 6 nitrogen and oxygen atoms in total. The van der Waals surface area contributed by atoms with E-state index >= 15 is 0 Å². The van der Waals surface area contributed by atoms with E-state index in [2.05, 4.69) is 9.98 Å². The number of nitrogens with zero attached hydrogens (tertiary/aromatic N) is 2.